The van der Waals surface area contributed by atoms with Gasteiger partial charge in [0.2, 0.25) is 0 Å². The standard InChI is InChI=1S/C40H81O9P/c1-3-5-7-9-11-13-15-16-17-18-19-20-21-22-23-24-26-28-30-32-40(43)49-39(37-48-50(44,45)47-35-38(42)34-41)36-46-33-31-29-27-25-14-12-10-8-6-4-2/h38-39,41-42H,3-37H2,1-2H3,(H,44,45). The molecule has 300 valence electrons. The quantitative estimate of drug-likeness (QED) is 0.0319. The van der Waals surface area contributed by atoms with Crippen LogP contribution in [0.4, 0.5) is 0 Å². The summed E-state index contributed by atoms with van der Waals surface area (Å²) >= 11 is 0. The SMILES string of the molecule is CCCCCCCCCCCCCCCCCCCCCC(=O)OC(COCCCCCCCCCCCC)COP(=O)(O)OCC(O)CO. The third-order valence-corrected chi connectivity index (χ3v) is 10.2. The molecule has 9 nitrogen and oxygen atoms in total. The second-order valence-electron chi connectivity index (χ2n) is 14.4. The highest BCUT2D eigenvalue weighted by molar-refractivity contribution is 7.47. The minimum Gasteiger partial charge on any atom is -0.457 e. The first-order valence-corrected chi connectivity index (χ1v) is 22.5. The highest BCUT2D eigenvalue weighted by Gasteiger charge is 2.26. The number of hydrogen-bond donors (Lipinski definition) is 3. The molecule has 0 bridgehead atoms. The molecule has 0 amide bonds. The Morgan fingerprint density at radius 3 is 1.30 bits per heavy atom. The van der Waals surface area contributed by atoms with Crippen molar-refractivity contribution in [1.29, 1.82) is 0 Å². The Morgan fingerprint density at radius 2 is 0.900 bits per heavy atom. The van der Waals surface area contributed by atoms with Gasteiger partial charge in [-0.15, -0.1) is 0 Å². The number of ether oxygens (including phenoxy) is 2. The molecule has 3 atom stereocenters. The van der Waals surface area contributed by atoms with Gasteiger partial charge in [0.25, 0.3) is 0 Å². The minimum absolute atomic E-state index is 0.0572. The van der Waals surface area contributed by atoms with E-state index in [4.69, 9.17) is 23.6 Å². The van der Waals surface area contributed by atoms with E-state index in [0.717, 1.165) is 32.1 Å². The molecule has 0 saturated carbocycles. The van der Waals surface area contributed by atoms with Crippen LogP contribution in [0.2, 0.25) is 0 Å². The van der Waals surface area contributed by atoms with Crippen molar-refractivity contribution in [2.75, 3.05) is 33.0 Å². The number of phosphoric ester groups is 1. The van der Waals surface area contributed by atoms with Gasteiger partial charge in [0, 0.05) is 13.0 Å². The van der Waals surface area contributed by atoms with E-state index in [-0.39, 0.29) is 25.6 Å². The van der Waals surface area contributed by atoms with E-state index in [1.807, 2.05) is 0 Å². The van der Waals surface area contributed by atoms with Crippen LogP contribution in [0.1, 0.15) is 206 Å². The highest BCUT2D eigenvalue weighted by Crippen LogP contribution is 2.43. The van der Waals surface area contributed by atoms with Gasteiger partial charge >= 0.3 is 13.8 Å². The third-order valence-electron chi connectivity index (χ3n) is 9.29. The monoisotopic (exact) mass is 737 g/mol. The zero-order chi connectivity index (χ0) is 36.8. The largest absolute Gasteiger partial charge is 0.472 e. The molecule has 0 aromatic rings. The fourth-order valence-electron chi connectivity index (χ4n) is 6.06. The smallest absolute Gasteiger partial charge is 0.457 e. The molecule has 0 heterocycles. The number of carbonyl (C=O) groups is 1. The number of carbonyl (C=O) groups excluding carboxylic acids is 1. The Labute approximate surface area is 308 Å². The van der Waals surface area contributed by atoms with Crippen molar-refractivity contribution < 1.29 is 43.0 Å². The van der Waals surface area contributed by atoms with Crippen molar-refractivity contribution in [3.63, 3.8) is 0 Å². The van der Waals surface area contributed by atoms with Crippen molar-refractivity contribution in [1.82, 2.24) is 0 Å². The van der Waals surface area contributed by atoms with E-state index in [1.165, 1.54) is 154 Å². The van der Waals surface area contributed by atoms with Gasteiger partial charge in [0.05, 0.1) is 26.4 Å². The average molecular weight is 737 g/mol. The number of phosphoric acid groups is 1. The molecule has 10 heteroatoms. The average Bonchev–Trinajstić information content (AvgIpc) is 3.10. The molecule has 0 aromatic carbocycles. The molecule has 0 aliphatic rings. The lowest BCUT2D eigenvalue weighted by Gasteiger charge is -2.20. The summed E-state index contributed by atoms with van der Waals surface area (Å²) in [4.78, 5) is 22.5. The summed E-state index contributed by atoms with van der Waals surface area (Å²) in [6.45, 7) is 3.55. The molecule has 50 heavy (non-hydrogen) atoms. The maximum atomic E-state index is 12.6. The molecule has 0 spiro atoms. The van der Waals surface area contributed by atoms with Crippen LogP contribution >= 0.6 is 7.82 Å². The zero-order valence-electron chi connectivity index (χ0n) is 32.6. The van der Waals surface area contributed by atoms with E-state index < -0.39 is 33.2 Å². The van der Waals surface area contributed by atoms with Gasteiger partial charge in [0.15, 0.2) is 0 Å². The normalized spacial score (nSPS) is 14.1. The molecule has 0 aliphatic heterocycles. The van der Waals surface area contributed by atoms with Crippen molar-refractivity contribution >= 4 is 13.8 Å². The summed E-state index contributed by atoms with van der Waals surface area (Å²) in [5, 5.41) is 18.3. The van der Waals surface area contributed by atoms with Gasteiger partial charge in [-0.05, 0) is 12.8 Å². The molecule has 0 aliphatic carbocycles. The van der Waals surface area contributed by atoms with Gasteiger partial charge in [-0.3, -0.25) is 13.8 Å². The van der Waals surface area contributed by atoms with Gasteiger partial charge in [-0.2, -0.15) is 0 Å². The van der Waals surface area contributed by atoms with Gasteiger partial charge in [-0.1, -0.05) is 187 Å². The number of aliphatic hydroxyl groups excluding tert-OH is 2. The van der Waals surface area contributed by atoms with E-state index in [2.05, 4.69) is 13.8 Å². The highest BCUT2D eigenvalue weighted by atomic mass is 31.2. The molecule has 3 unspecified atom stereocenters. The molecule has 0 saturated heterocycles. The van der Waals surface area contributed by atoms with Crippen molar-refractivity contribution in [3.05, 3.63) is 0 Å². The molecule has 0 rings (SSSR count). The van der Waals surface area contributed by atoms with Crippen LogP contribution in [0.3, 0.4) is 0 Å². The molecule has 0 fully saturated rings. The van der Waals surface area contributed by atoms with Crippen molar-refractivity contribution in [3.8, 4) is 0 Å². The second-order valence-corrected chi connectivity index (χ2v) is 15.8. The maximum absolute atomic E-state index is 12.6. The summed E-state index contributed by atoms with van der Waals surface area (Å²) in [6.07, 6.45) is 34.9. The summed E-state index contributed by atoms with van der Waals surface area (Å²) in [5.41, 5.74) is 0. The first kappa shape index (κ1) is 49.5. The number of esters is 1. The first-order chi connectivity index (χ1) is 24.3. The van der Waals surface area contributed by atoms with Crippen LogP contribution in [-0.2, 0) is 27.9 Å². The summed E-state index contributed by atoms with van der Waals surface area (Å²) < 4.78 is 33.3. The summed E-state index contributed by atoms with van der Waals surface area (Å²) in [5.74, 6) is -0.377. The topological polar surface area (TPSA) is 132 Å². The number of unbranched alkanes of at least 4 members (excludes halogenated alkanes) is 27. The van der Waals surface area contributed by atoms with Gasteiger partial charge in [0.1, 0.15) is 12.2 Å². The third kappa shape index (κ3) is 37.2. The predicted molar refractivity (Wildman–Crippen MR) is 205 cm³/mol. The molecule has 0 aromatic heterocycles. The lowest BCUT2D eigenvalue weighted by atomic mass is 10.0. The van der Waals surface area contributed by atoms with Crippen LogP contribution in [0.25, 0.3) is 0 Å². The summed E-state index contributed by atoms with van der Waals surface area (Å²) in [6, 6.07) is 0. The number of aliphatic hydroxyl groups is 2. The van der Waals surface area contributed by atoms with E-state index in [0.29, 0.717) is 6.61 Å². The molecule has 0 radical (unpaired) electrons. The Kier molecular flexibility index (Phi) is 37.8. The Morgan fingerprint density at radius 1 is 0.540 bits per heavy atom. The van der Waals surface area contributed by atoms with Gasteiger partial charge < -0.3 is 24.6 Å². The van der Waals surface area contributed by atoms with Crippen LogP contribution in [0, 0.1) is 0 Å². The lowest BCUT2D eigenvalue weighted by molar-refractivity contribution is -0.154. The number of hydrogen-bond acceptors (Lipinski definition) is 8. The van der Waals surface area contributed by atoms with Crippen molar-refractivity contribution in [2.45, 2.75) is 219 Å². The van der Waals surface area contributed by atoms with Crippen LogP contribution < -0.4 is 0 Å². The second kappa shape index (κ2) is 38.2. The molecular weight excluding hydrogens is 655 g/mol. The van der Waals surface area contributed by atoms with Crippen LogP contribution in [-0.4, -0.2) is 66.3 Å². The van der Waals surface area contributed by atoms with Gasteiger partial charge in [-0.25, -0.2) is 4.57 Å². The fraction of sp³-hybridized carbons (Fsp3) is 0.975. The zero-order valence-corrected chi connectivity index (χ0v) is 33.5. The Hall–Kier alpha value is -0.540. The molecule has 3 N–H and O–H groups in total. The van der Waals surface area contributed by atoms with E-state index in [9.17, 15) is 19.4 Å². The van der Waals surface area contributed by atoms with Crippen LogP contribution in [0.15, 0.2) is 0 Å². The van der Waals surface area contributed by atoms with Crippen LogP contribution in [0.5, 0.6) is 0 Å². The lowest BCUT2D eigenvalue weighted by Crippen LogP contribution is -2.29. The summed E-state index contributed by atoms with van der Waals surface area (Å²) in [7, 11) is -4.50. The Bertz CT molecular complexity index is 754. The fourth-order valence-corrected chi connectivity index (χ4v) is 6.85. The first-order valence-electron chi connectivity index (χ1n) is 21.0. The predicted octanol–water partition coefficient (Wildman–Crippen LogP) is 11.1. The van der Waals surface area contributed by atoms with E-state index in [1.54, 1.807) is 0 Å². The van der Waals surface area contributed by atoms with Crippen molar-refractivity contribution in [2.24, 2.45) is 0 Å². The Balaban J connectivity index is 4.07. The minimum atomic E-state index is -4.50. The number of rotatable bonds is 41. The maximum Gasteiger partial charge on any atom is 0.472 e. The molecular formula is C40H81O9P. The van der Waals surface area contributed by atoms with E-state index >= 15 is 0 Å².